The number of carbonyl (C=O) groups excluding carboxylic acids is 1. The molecule has 168 valence electrons. The van der Waals surface area contributed by atoms with Crippen molar-refractivity contribution in [3.63, 3.8) is 0 Å². The van der Waals surface area contributed by atoms with Gasteiger partial charge in [0.1, 0.15) is 11.5 Å². The lowest BCUT2D eigenvalue weighted by atomic mass is 10.1. The minimum absolute atomic E-state index is 0.0134. The van der Waals surface area contributed by atoms with E-state index in [0.29, 0.717) is 9.25 Å². The molecular formula is C21H18F4N4O3. The zero-order valence-corrected chi connectivity index (χ0v) is 17.0. The second-order valence-electron chi connectivity index (χ2n) is 7.21. The molecule has 0 spiro atoms. The number of alkyl halides is 3. The zero-order chi connectivity index (χ0) is 23.6. The van der Waals surface area contributed by atoms with Gasteiger partial charge in [-0.15, -0.1) is 0 Å². The van der Waals surface area contributed by atoms with E-state index in [9.17, 15) is 31.9 Å². The van der Waals surface area contributed by atoms with Gasteiger partial charge in [-0.1, -0.05) is 24.3 Å². The molecule has 1 aromatic heterocycles. The van der Waals surface area contributed by atoms with Crippen molar-refractivity contribution in [3.05, 3.63) is 92.0 Å². The van der Waals surface area contributed by atoms with E-state index in [-0.39, 0.29) is 17.3 Å². The summed E-state index contributed by atoms with van der Waals surface area (Å²) in [5.41, 5.74) is -4.23. The van der Waals surface area contributed by atoms with Gasteiger partial charge in [0.15, 0.2) is 0 Å². The van der Waals surface area contributed by atoms with Crippen molar-refractivity contribution < 1.29 is 22.4 Å². The number of hydrogen-bond donors (Lipinski definition) is 1. The zero-order valence-electron chi connectivity index (χ0n) is 17.0. The summed E-state index contributed by atoms with van der Waals surface area (Å²) < 4.78 is 54.6. The number of carbonyl (C=O) groups is 1. The first-order valence-corrected chi connectivity index (χ1v) is 9.45. The molecule has 2 aromatic carbocycles. The topological polar surface area (TPSA) is 86.0 Å². The van der Waals surface area contributed by atoms with Gasteiger partial charge in [-0.2, -0.15) is 23.0 Å². The van der Waals surface area contributed by atoms with Crippen molar-refractivity contribution in [1.82, 2.24) is 19.7 Å². The number of nitrogens with one attached hydrogen (secondary N) is 1. The molecule has 0 atom stereocenters. The molecule has 1 amide bonds. The third-order valence-corrected chi connectivity index (χ3v) is 4.37. The maximum atomic E-state index is 14.3. The maximum Gasteiger partial charge on any atom is 0.416 e. The predicted octanol–water partition coefficient (Wildman–Crippen LogP) is 2.74. The van der Waals surface area contributed by atoms with Crippen molar-refractivity contribution in [2.75, 3.05) is 0 Å². The van der Waals surface area contributed by atoms with Crippen LogP contribution in [0.4, 0.5) is 17.6 Å². The summed E-state index contributed by atoms with van der Waals surface area (Å²) in [7, 11) is 0. The molecule has 0 aliphatic rings. The molecule has 0 unspecified atom stereocenters. The maximum absolute atomic E-state index is 14.3. The first-order valence-electron chi connectivity index (χ1n) is 9.45. The van der Waals surface area contributed by atoms with Gasteiger partial charge >= 0.3 is 11.9 Å². The number of halogens is 4. The van der Waals surface area contributed by atoms with Gasteiger partial charge in [0.2, 0.25) is 5.69 Å². The van der Waals surface area contributed by atoms with Crippen molar-refractivity contribution in [3.8, 4) is 5.69 Å². The quantitative estimate of drug-likeness (QED) is 0.606. The van der Waals surface area contributed by atoms with Crippen LogP contribution in [0.1, 0.15) is 35.5 Å². The molecular weight excluding hydrogens is 432 g/mol. The number of rotatable bonds is 5. The summed E-state index contributed by atoms with van der Waals surface area (Å²) in [6.07, 6.45) is -4.63. The van der Waals surface area contributed by atoms with Crippen LogP contribution in [0.2, 0.25) is 0 Å². The molecule has 0 fully saturated rings. The molecule has 0 saturated heterocycles. The molecule has 3 rings (SSSR count). The molecule has 0 saturated carbocycles. The fraction of sp³-hybridized carbons (Fsp3) is 0.238. The van der Waals surface area contributed by atoms with E-state index in [1.54, 1.807) is 13.8 Å². The van der Waals surface area contributed by atoms with Gasteiger partial charge in [-0.05, 0) is 43.7 Å². The van der Waals surface area contributed by atoms with Crippen molar-refractivity contribution in [1.29, 1.82) is 0 Å². The molecule has 0 radical (unpaired) electrons. The highest BCUT2D eigenvalue weighted by Gasteiger charge is 2.30. The molecule has 1 N–H and O–H groups in total. The lowest BCUT2D eigenvalue weighted by Gasteiger charge is -2.14. The first kappa shape index (κ1) is 22.9. The SMILES string of the molecule is CC(C)NC(=O)c1nn(-c2ccccc2F)c(=O)n(Cc2cccc(C(F)(F)F)c2)c1=O. The summed E-state index contributed by atoms with van der Waals surface area (Å²) in [6.45, 7) is 2.68. The summed E-state index contributed by atoms with van der Waals surface area (Å²) in [6, 6.07) is 8.74. The normalized spacial score (nSPS) is 11.6. The van der Waals surface area contributed by atoms with E-state index in [0.717, 1.165) is 24.3 Å². The van der Waals surface area contributed by atoms with E-state index in [1.807, 2.05) is 0 Å². The van der Waals surface area contributed by atoms with Crippen LogP contribution in [-0.2, 0) is 12.7 Å². The third kappa shape index (κ3) is 4.76. The standard InChI is InChI=1S/C21H18F4N4O3/c1-12(2)26-18(30)17-19(31)28(11-13-6-5-7-14(10-13)21(23,24)25)20(32)29(27-17)16-9-4-3-8-15(16)22/h3-10,12H,11H2,1-2H3,(H,26,30). The van der Waals surface area contributed by atoms with Crippen LogP contribution in [0.25, 0.3) is 5.69 Å². The van der Waals surface area contributed by atoms with E-state index < -0.39 is 47.0 Å². The van der Waals surface area contributed by atoms with Gasteiger partial charge < -0.3 is 5.32 Å². The molecule has 0 aliphatic heterocycles. The number of aromatic nitrogens is 3. The Hall–Kier alpha value is -3.76. The molecule has 32 heavy (non-hydrogen) atoms. The van der Waals surface area contributed by atoms with Crippen LogP contribution in [0.5, 0.6) is 0 Å². The highest BCUT2D eigenvalue weighted by molar-refractivity contribution is 5.91. The Balaban J connectivity index is 2.22. The first-order chi connectivity index (χ1) is 15.0. The van der Waals surface area contributed by atoms with Gasteiger partial charge in [0.25, 0.3) is 11.5 Å². The van der Waals surface area contributed by atoms with Crippen molar-refractivity contribution in [2.24, 2.45) is 0 Å². The number of nitrogens with zero attached hydrogens (tertiary/aromatic N) is 3. The van der Waals surface area contributed by atoms with E-state index in [2.05, 4.69) is 10.4 Å². The minimum Gasteiger partial charge on any atom is -0.348 e. The molecule has 0 aliphatic carbocycles. The highest BCUT2D eigenvalue weighted by Crippen LogP contribution is 2.29. The Bertz CT molecular complexity index is 1280. The second kappa shape index (κ2) is 8.77. The van der Waals surface area contributed by atoms with Crippen molar-refractivity contribution >= 4 is 5.91 Å². The molecule has 0 bridgehead atoms. The second-order valence-corrected chi connectivity index (χ2v) is 7.21. The summed E-state index contributed by atoms with van der Waals surface area (Å²) in [5, 5.41) is 6.21. The van der Waals surface area contributed by atoms with E-state index >= 15 is 0 Å². The lowest BCUT2D eigenvalue weighted by Crippen LogP contribution is -2.47. The smallest absolute Gasteiger partial charge is 0.348 e. The number of para-hydroxylation sites is 1. The number of hydrogen-bond acceptors (Lipinski definition) is 4. The number of amides is 1. The average Bonchev–Trinajstić information content (AvgIpc) is 2.71. The Morgan fingerprint density at radius 1 is 1.09 bits per heavy atom. The highest BCUT2D eigenvalue weighted by atomic mass is 19.4. The summed E-state index contributed by atoms with van der Waals surface area (Å²) in [5.74, 6) is -1.76. The average molecular weight is 450 g/mol. The van der Waals surface area contributed by atoms with Crippen LogP contribution >= 0.6 is 0 Å². The molecule has 1 heterocycles. The number of benzene rings is 2. The van der Waals surface area contributed by atoms with Crippen LogP contribution in [0.15, 0.2) is 58.1 Å². The van der Waals surface area contributed by atoms with Crippen molar-refractivity contribution in [2.45, 2.75) is 32.6 Å². The summed E-state index contributed by atoms with van der Waals surface area (Å²) in [4.78, 5) is 38.3. The Morgan fingerprint density at radius 2 is 1.78 bits per heavy atom. The van der Waals surface area contributed by atoms with Crippen LogP contribution in [-0.4, -0.2) is 26.3 Å². The monoisotopic (exact) mass is 450 g/mol. The van der Waals surface area contributed by atoms with E-state index in [1.165, 1.54) is 24.3 Å². The Kier molecular flexibility index (Phi) is 6.28. The molecule has 7 nitrogen and oxygen atoms in total. The lowest BCUT2D eigenvalue weighted by molar-refractivity contribution is -0.137. The van der Waals surface area contributed by atoms with Crippen LogP contribution in [0, 0.1) is 5.82 Å². The van der Waals surface area contributed by atoms with Crippen LogP contribution in [0.3, 0.4) is 0 Å². The molecule has 3 aromatic rings. The Morgan fingerprint density at radius 3 is 2.41 bits per heavy atom. The Labute approximate surface area is 178 Å². The van der Waals surface area contributed by atoms with Gasteiger partial charge in [-0.25, -0.2) is 9.18 Å². The minimum atomic E-state index is -4.63. The largest absolute Gasteiger partial charge is 0.416 e. The van der Waals surface area contributed by atoms with Gasteiger partial charge in [0.05, 0.1) is 12.1 Å². The third-order valence-electron chi connectivity index (χ3n) is 4.37. The van der Waals surface area contributed by atoms with Gasteiger partial charge in [-0.3, -0.25) is 14.2 Å². The fourth-order valence-electron chi connectivity index (χ4n) is 2.94. The van der Waals surface area contributed by atoms with Gasteiger partial charge in [0, 0.05) is 6.04 Å². The van der Waals surface area contributed by atoms with Crippen LogP contribution < -0.4 is 16.6 Å². The fourth-order valence-corrected chi connectivity index (χ4v) is 2.94. The predicted molar refractivity (Wildman–Crippen MR) is 107 cm³/mol. The summed E-state index contributed by atoms with van der Waals surface area (Å²) >= 11 is 0. The molecule has 11 heteroatoms. The van der Waals surface area contributed by atoms with E-state index in [4.69, 9.17) is 0 Å².